The summed E-state index contributed by atoms with van der Waals surface area (Å²) in [6, 6.07) is 0. The molecular weight excluding hydrogens is 216 g/mol. The van der Waals surface area contributed by atoms with Crippen LogP contribution in [0.1, 0.15) is 39.0 Å². The first kappa shape index (κ1) is 12.8. The Morgan fingerprint density at radius 2 is 2.18 bits per heavy atom. The second kappa shape index (κ2) is 4.94. The molecule has 1 amide bonds. The molecule has 1 heterocycles. The zero-order valence-electron chi connectivity index (χ0n) is 11.0. The van der Waals surface area contributed by atoms with E-state index in [9.17, 15) is 4.79 Å². The minimum absolute atomic E-state index is 0.0335. The number of amides is 1. The number of methoxy groups -OCH3 is 1. The van der Waals surface area contributed by atoms with Gasteiger partial charge in [-0.2, -0.15) is 0 Å². The van der Waals surface area contributed by atoms with Crippen LogP contribution in [0.25, 0.3) is 0 Å². The van der Waals surface area contributed by atoms with Gasteiger partial charge in [0.1, 0.15) is 0 Å². The summed E-state index contributed by atoms with van der Waals surface area (Å²) in [5.41, 5.74) is -0.0684. The highest BCUT2D eigenvalue weighted by Gasteiger charge is 2.48. The zero-order chi connectivity index (χ0) is 12.4. The summed E-state index contributed by atoms with van der Waals surface area (Å²) < 4.78 is 5.28. The Morgan fingerprint density at radius 1 is 1.41 bits per heavy atom. The Morgan fingerprint density at radius 3 is 2.65 bits per heavy atom. The topological polar surface area (TPSA) is 50.4 Å². The number of rotatable bonds is 6. The summed E-state index contributed by atoms with van der Waals surface area (Å²) >= 11 is 0. The summed E-state index contributed by atoms with van der Waals surface area (Å²) in [7, 11) is 1.72. The normalized spacial score (nSPS) is 30.2. The van der Waals surface area contributed by atoms with E-state index in [1.54, 1.807) is 7.11 Å². The largest absolute Gasteiger partial charge is 0.383 e. The average molecular weight is 240 g/mol. The van der Waals surface area contributed by atoms with Crippen molar-refractivity contribution in [2.24, 2.45) is 5.41 Å². The molecule has 2 rings (SSSR count). The zero-order valence-corrected chi connectivity index (χ0v) is 11.0. The van der Waals surface area contributed by atoms with Crippen LogP contribution in [0.4, 0.5) is 0 Å². The van der Waals surface area contributed by atoms with Gasteiger partial charge < -0.3 is 15.4 Å². The number of ether oxygens (including phenoxy) is 1. The van der Waals surface area contributed by atoms with Gasteiger partial charge >= 0.3 is 0 Å². The first-order valence-electron chi connectivity index (χ1n) is 6.69. The van der Waals surface area contributed by atoms with Crippen LogP contribution in [-0.4, -0.2) is 38.3 Å². The number of carbonyl (C=O) groups excluding carboxylic acids is 1. The summed E-state index contributed by atoms with van der Waals surface area (Å²) in [6.07, 6.45) is 5.32. The van der Waals surface area contributed by atoms with E-state index in [0.717, 1.165) is 38.6 Å². The van der Waals surface area contributed by atoms with E-state index in [4.69, 9.17) is 4.74 Å². The molecule has 1 aliphatic heterocycles. The Bertz CT molecular complexity index is 281. The maximum atomic E-state index is 12.1. The van der Waals surface area contributed by atoms with Crippen molar-refractivity contribution in [1.82, 2.24) is 10.6 Å². The van der Waals surface area contributed by atoms with Crippen LogP contribution in [0.3, 0.4) is 0 Å². The summed E-state index contributed by atoms with van der Waals surface area (Å²) in [4.78, 5) is 12.1. The standard InChI is InChI=1S/C13H24N2O2/c1-3-12(6-7-12)11(16)14-9-13(10-17-2)5-4-8-15-13/h15H,3-10H2,1-2H3,(H,14,16). The first-order chi connectivity index (χ1) is 8.16. The van der Waals surface area contributed by atoms with Gasteiger partial charge in [0.2, 0.25) is 5.91 Å². The van der Waals surface area contributed by atoms with Crippen LogP contribution in [-0.2, 0) is 9.53 Å². The SMILES string of the molecule is CCC1(C(=O)NCC2(COC)CCCN2)CC1. The third kappa shape index (κ3) is 2.63. The molecule has 1 unspecified atom stereocenters. The molecule has 1 saturated heterocycles. The highest BCUT2D eigenvalue weighted by atomic mass is 16.5. The molecule has 2 fully saturated rings. The quantitative estimate of drug-likeness (QED) is 0.730. The molecule has 1 atom stereocenters. The van der Waals surface area contributed by atoms with Gasteiger partial charge in [-0.3, -0.25) is 4.79 Å². The fourth-order valence-corrected chi connectivity index (χ4v) is 2.80. The molecule has 0 bridgehead atoms. The van der Waals surface area contributed by atoms with E-state index in [0.29, 0.717) is 13.2 Å². The third-order valence-electron chi connectivity index (χ3n) is 4.35. The van der Waals surface area contributed by atoms with Crippen molar-refractivity contribution in [3.05, 3.63) is 0 Å². The van der Waals surface area contributed by atoms with Gasteiger partial charge in [0.05, 0.1) is 12.1 Å². The molecule has 0 spiro atoms. The highest BCUT2D eigenvalue weighted by molar-refractivity contribution is 5.85. The van der Waals surface area contributed by atoms with Crippen molar-refractivity contribution in [3.63, 3.8) is 0 Å². The number of carbonyl (C=O) groups is 1. The Hall–Kier alpha value is -0.610. The molecule has 1 aliphatic carbocycles. The van der Waals surface area contributed by atoms with Crippen LogP contribution >= 0.6 is 0 Å². The molecule has 0 radical (unpaired) electrons. The average Bonchev–Trinajstić information content (AvgIpc) is 3.02. The van der Waals surface area contributed by atoms with Crippen molar-refractivity contribution in [1.29, 1.82) is 0 Å². The lowest BCUT2D eigenvalue weighted by Gasteiger charge is -2.29. The second-order valence-corrected chi connectivity index (χ2v) is 5.56. The van der Waals surface area contributed by atoms with E-state index >= 15 is 0 Å². The highest BCUT2D eigenvalue weighted by Crippen LogP contribution is 2.48. The maximum Gasteiger partial charge on any atom is 0.226 e. The molecule has 2 N–H and O–H groups in total. The van der Waals surface area contributed by atoms with Crippen molar-refractivity contribution in [2.75, 3.05) is 26.8 Å². The summed E-state index contributed by atoms with van der Waals surface area (Å²) in [5.74, 6) is 0.240. The third-order valence-corrected chi connectivity index (χ3v) is 4.35. The smallest absolute Gasteiger partial charge is 0.226 e. The minimum atomic E-state index is -0.0349. The second-order valence-electron chi connectivity index (χ2n) is 5.56. The van der Waals surface area contributed by atoms with Gasteiger partial charge in [-0.1, -0.05) is 6.92 Å². The van der Waals surface area contributed by atoms with Crippen molar-refractivity contribution in [3.8, 4) is 0 Å². The van der Waals surface area contributed by atoms with E-state index in [-0.39, 0.29) is 16.9 Å². The molecule has 0 aromatic carbocycles. The monoisotopic (exact) mass is 240 g/mol. The molecule has 4 heteroatoms. The van der Waals surface area contributed by atoms with Gasteiger partial charge in [0.15, 0.2) is 0 Å². The first-order valence-corrected chi connectivity index (χ1v) is 6.69. The maximum absolute atomic E-state index is 12.1. The van der Waals surface area contributed by atoms with E-state index in [2.05, 4.69) is 17.6 Å². The van der Waals surface area contributed by atoms with Crippen LogP contribution in [0.15, 0.2) is 0 Å². The van der Waals surface area contributed by atoms with Gasteiger partial charge in [-0.15, -0.1) is 0 Å². The van der Waals surface area contributed by atoms with Gasteiger partial charge in [-0.25, -0.2) is 0 Å². The number of hydrogen-bond acceptors (Lipinski definition) is 3. The Kier molecular flexibility index (Phi) is 3.73. The van der Waals surface area contributed by atoms with Crippen LogP contribution in [0, 0.1) is 5.41 Å². The summed E-state index contributed by atoms with van der Waals surface area (Å²) in [5, 5.41) is 6.60. The Labute approximate surface area is 103 Å². The van der Waals surface area contributed by atoms with Crippen LogP contribution in [0.5, 0.6) is 0 Å². The lowest BCUT2D eigenvalue weighted by atomic mass is 9.97. The van der Waals surface area contributed by atoms with E-state index in [1.165, 1.54) is 0 Å². The molecule has 2 aliphatic rings. The van der Waals surface area contributed by atoms with Crippen LogP contribution in [0.2, 0.25) is 0 Å². The predicted molar refractivity (Wildman–Crippen MR) is 66.8 cm³/mol. The van der Waals surface area contributed by atoms with Crippen molar-refractivity contribution in [2.45, 2.75) is 44.6 Å². The number of hydrogen-bond donors (Lipinski definition) is 2. The van der Waals surface area contributed by atoms with Gasteiger partial charge in [0, 0.05) is 19.1 Å². The molecular formula is C13H24N2O2. The lowest BCUT2D eigenvalue weighted by molar-refractivity contribution is -0.126. The Balaban J connectivity index is 1.85. The van der Waals surface area contributed by atoms with Crippen LogP contribution < -0.4 is 10.6 Å². The molecule has 4 nitrogen and oxygen atoms in total. The van der Waals surface area contributed by atoms with E-state index in [1.807, 2.05) is 0 Å². The van der Waals surface area contributed by atoms with E-state index < -0.39 is 0 Å². The lowest BCUT2D eigenvalue weighted by Crippen LogP contribution is -2.53. The molecule has 0 aromatic rings. The molecule has 1 saturated carbocycles. The fourth-order valence-electron chi connectivity index (χ4n) is 2.80. The van der Waals surface area contributed by atoms with Crippen molar-refractivity contribution < 1.29 is 9.53 Å². The summed E-state index contributed by atoms with van der Waals surface area (Å²) in [6.45, 7) is 4.50. The van der Waals surface area contributed by atoms with Gasteiger partial charge in [0.25, 0.3) is 0 Å². The molecule has 98 valence electrons. The van der Waals surface area contributed by atoms with Gasteiger partial charge in [-0.05, 0) is 38.6 Å². The molecule has 0 aromatic heterocycles. The minimum Gasteiger partial charge on any atom is -0.383 e. The fraction of sp³-hybridized carbons (Fsp3) is 0.923. The predicted octanol–water partition coefficient (Wildman–Crippen LogP) is 1.06. The molecule has 17 heavy (non-hydrogen) atoms. The number of nitrogens with one attached hydrogen (secondary N) is 2. The van der Waals surface area contributed by atoms with Crippen molar-refractivity contribution >= 4 is 5.91 Å².